The van der Waals surface area contributed by atoms with E-state index in [2.05, 4.69) is 82.1 Å². The SMILES string of the molecule is Cc1cc(Br)c2ccc3c(C)cc(Br)c4ccc1c2c34. The third-order valence-electron chi connectivity index (χ3n) is 4.21. The molecule has 4 rings (SSSR count). The van der Waals surface area contributed by atoms with E-state index < -0.39 is 0 Å². The minimum Gasteiger partial charge on any atom is -0.0534 e. The van der Waals surface area contributed by atoms with Crippen molar-refractivity contribution in [2.24, 2.45) is 0 Å². The standard InChI is InChI=1S/C18H12Br2/c1-9-7-15(19)13-6-4-12-10(2)8-16(20)14-5-3-11(9)17(13)18(12)14/h3-8H,1-2H3. The Labute approximate surface area is 134 Å². The van der Waals surface area contributed by atoms with Gasteiger partial charge in [-0.1, -0.05) is 56.1 Å². The maximum Gasteiger partial charge on any atom is 0.0257 e. The summed E-state index contributed by atoms with van der Waals surface area (Å²) in [4.78, 5) is 0. The van der Waals surface area contributed by atoms with Crippen LogP contribution in [-0.2, 0) is 0 Å². The van der Waals surface area contributed by atoms with Gasteiger partial charge >= 0.3 is 0 Å². The molecule has 0 spiro atoms. The van der Waals surface area contributed by atoms with Gasteiger partial charge in [0.15, 0.2) is 0 Å². The second-order valence-electron chi connectivity index (χ2n) is 5.42. The summed E-state index contributed by atoms with van der Waals surface area (Å²) in [7, 11) is 0. The highest BCUT2D eigenvalue weighted by Crippen LogP contribution is 2.42. The van der Waals surface area contributed by atoms with Gasteiger partial charge in [-0.05, 0) is 69.4 Å². The Kier molecular flexibility index (Phi) is 2.64. The van der Waals surface area contributed by atoms with Crippen LogP contribution < -0.4 is 0 Å². The van der Waals surface area contributed by atoms with Crippen molar-refractivity contribution < 1.29 is 0 Å². The van der Waals surface area contributed by atoms with E-state index in [1.165, 1.54) is 52.4 Å². The van der Waals surface area contributed by atoms with E-state index in [1.807, 2.05) is 0 Å². The first-order valence-electron chi connectivity index (χ1n) is 6.60. The molecule has 0 saturated carbocycles. The molecule has 20 heavy (non-hydrogen) atoms. The molecule has 0 heterocycles. The highest BCUT2D eigenvalue weighted by molar-refractivity contribution is 9.11. The van der Waals surface area contributed by atoms with Crippen molar-refractivity contribution in [1.29, 1.82) is 0 Å². The first-order valence-corrected chi connectivity index (χ1v) is 8.19. The van der Waals surface area contributed by atoms with Gasteiger partial charge in [0.2, 0.25) is 0 Å². The summed E-state index contributed by atoms with van der Waals surface area (Å²) in [5, 5.41) is 8.02. The highest BCUT2D eigenvalue weighted by Gasteiger charge is 2.14. The number of hydrogen-bond donors (Lipinski definition) is 0. The van der Waals surface area contributed by atoms with E-state index in [9.17, 15) is 0 Å². The Hall–Kier alpha value is -1.12. The fourth-order valence-electron chi connectivity index (χ4n) is 3.24. The molecule has 0 aliphatic rings. The number of rotatable bonds is 0. The highest BCUT2D eigenvalue weighted by atomic mass is 79.9. The summed E-state index contributed by atoms with van der Waals surface area (Å²) in [6, 6.07) is 13.4. The predicted molar refractivity (Wildman–Crippen MR) is 95.0 cm³/mol. The van der Waals surface area contributed by atoms with Crippen LogP contribution in [0.25, 0.3) is 32.3 Å². The zero-order chi connectivity index (χ0) is 14.0. The third kappa shape index (κ3) is 1.52. The second kappa shape index (κ2) is 4.19. The summed E-state index contributed by atoms with van der Waals surface area (Å²) in [5.41, 5.74) is 2.63. The molecule has 0 bridgehead atoms. The van der Waals surface area contributed by atoms with Crippen molar-refractivity contribution in [3.8, 4) is 0 Å². The van der Waals surface area contributed by atoms with Gasteiger partial charge in [0, 0.05) is 8.95 Å². The van der Waals surface area contributed by atoms with E-state index in [1.54, 1.807) is 0 Å². The van der Waals surface area contributed by atoms with Gasteiger partial charge in [-0.25, -0.2) is 0 Å². The molecule has 0 N–H and O–H groups in total. The van der Waals surface area contributed by atoms with Crippen molar-refractivity contribution in [3.05, 3.63) is 56.5 Å². The summed E-state index contributed by atoms with van der Waals surface area (Å²) >= 11 is 7.43. The summed E-state index contributed by atoms with van der Waals surface area (Å²) < 4.78 is 2.35. The quantitative estimate of drug-likeness (QED) is 0.293. The number of hydrogen-bond acceptors (Lipinski definition) is 0. The Bertz CT molecular complexity index is 830. The topological polar surface area (TPSA) is 0 Å². The second-order valence-corrected chi connectivity index (χ2v) is 7.13. The summed E-state index contributed by atoms with van der Waals surface area (Å²) in [6.07, 6.45) is 0. The van der Waals surface area contributed by atoms with Crippen LogP contribution in [0.2, 0.25) is 0 Å². The normalized spacial score (nSPS) is 12.0. The minimum absolute atomic E-state index is 1.18. The van der Waals surface area contributed by atoms with Gasteiger partial charge in [0.05, 0.1) is 0 Å². The Morgan fingerprint density at radius 1 is 0.600 bits per heavy atom. The number of halogens is 2. The summed E-state index contributed by atoms with van der Waals surface area (Å²) in [6.45, 7) is 4.36. The molecule has 4 aromatic carbocycles. The molecular formula is C18H12Br2. The van der Waals surface area contributed by atoms with E-state index in [4.69, 9.17) is 0 Å². The molecule has 0 aromatic heterocycles. The lowest BCUT2D eigenvalue weighted by molar-refractivity contribution is 1.51. The van der Waals surface area contributed by atoms with Gasteiger partial charge in [0.1, 0.15) is 0 Å². The average molecular weight is 388 g/mol. The molecule has 0 aliphatic carbocycles. The predicted octanol–water partition coefficient (Wildman–Crippen LogP) is 6.73. The van der Waals surface area contributed by atoms with Crippen molar-refractivity contribution in [2.75, 3.05) is 0 Å². The van der Waals surface area contributed by atoms with Gasteiger partial charge in [0.25, 0.3) is 0 Å². The lowest BCUT2D eigenvalue weighted by atomic mass is 9.91. The van der Waals surface area contributed by atoms with Crippen molar-refractivity contribution >= 4 is 64.2 Å². The molecule has 0 nitrogen and oxygen atoms in total. The molecule has 0 fully saturated rings. The fourth-order valence-corrected chi connectivity index (χ4v) is 4.59. The average Bonchev–Trinajstić information content (AvgIpc) is 2.42. The maximum atomic E-state index is 3.72. The minimum atomic E-state index is 1.18. The molecule has 0 unspecified atom stereocenters. The van der Waals surface area contributed by atoms with Crippen LogP contribution in [0.15, 0.2) is 45.3 Å². The van der Waals surface area contributed by atoms with Gasteiger partial charge in [-0.2, -0.15) is 0 Å². The van der Waals surface area contributed by atoms with Crippen molar-refractivity contribution in [3.63, 3.8) is 0 Å². The van der Waals surface area contributed by atoms with E-state index in [0.29, 0.717) is 0 Å². The maximum absolute atomic E-state index is 3.72. The van der Waals surface area contributed by atoms with E-state index in [0.717, 1.165) is 0 Å². The van der Waals surface area contributed by atoms with Crippen LogP contribution in [-0.4, -0.2) is 0 Å². The van der Waals surface area contributed by atoms with Crippen LogP contribution in [0.1, 0.15) is 11.1 Å². The molecular weight excluding hydrogens is 376 g/mol. The molecule has 0 aliphatic heterocycles. The lowest BCUT2D eigenvalue weighted by Gasteiger charge is -2.16. The molecule has 0 saturated heterocycles. The molecule has 0 atom stereocenters. The number of benzene rings is 4. The molecule has 0 radical (unpaired) electrons. The Balaban J connectivity index is 2.47. The number of aryl methyl sites for hydroxylation is 2. The van der Waals surface area contributed by atoms with E-state index >= 15 is 0 Å². The van der Waals surface area contributed by atoms with Crippen LogP contribution >= 0.6 is 31.9 Å². The van der Waals surface area contributed by atoms with Gasteiger partial charge in [-0.15, -0.1) is 0 Å². The van der Waals surface area contributed by atoms with Gasteiger partial charge < -0.3 is 0 Å². The first kappa shape index (κ1) is 12.6. The Morgan fingerprint density at radius 2 is 0.950 bits per heavy atom. The van der Waals surface area contributed by atoms with Crippen LogP contribution in [0.3, 0.4) is 0 Å². The monoisotopic (exact) mass is 386 g/mol. The van der Waals surface area contributed by atoms with Crippen molar-refractivity contribution in [2.45, 2.75) is 13.8 Å². The lowest BCUT2D eigenvalue weighted by Crippen LogP contribution is -1.90. The molecule has 4 aromatic rings. The fraction of sp³-hybridized carbons (Fsp3) is 0.111. The zero-order valence-electron chi connectivity index (χ0n) is 11.2. The first-order chi connectivity index (χ1) is 9.58. The van der Waals surface area contributed by atoms with Crippen molar-refractivity contribution in [1.82, 2.24) is 0 Å². The van der Waals surface area contributed by atoms with Crippen LogP contribution in [0, 0.1) is 13.8 Å². The molecule has 0 amide bonds. The van der Waals surface area contributed by atoms with Gasteiger partial charge in [-0.3, -0.25) is 0 Å². The smallest absolute Gasteiger partial charge is 0.0257 e. The van der Waals surface area contributed by atoms with E-state index in [-0.39, 0.29) is 0 Å². The van der Waals surface area contributed by atoms with Crippen LogP contribution in [0.5, 0.6) is 0 Å². The molecule has 2 heteroatoms. The van der Waals surface area contributed by atoms with Crippen LogP contribution in [0.4, 0.5) is 0 Å². The summed E-state index contributed by atoms with van der Waals surface area (Å²) in [5.74, 6) is 0. The largest absolute Gasteiger partial charge is 0.0534 e. The Morgan fingerprint density at radius 3 is 1.35 bits per heavy atom. The third-order valence-corrected chi connectivity index (χ3v) is 5.52. The zero-order valence-corrected chi connectivity index (χ0v) is 14.4. The molecule has 98 valence electrons.